The van der Waals surface area contributed by atoms with E-state index in [9.17, 15) is 29.7 Å². The zero-order chi connectivity index (χ0) is 52.3. The number of carbonyl (C=O) groups excluding carboxylic acids is 3. The highest BCUT2D eigenvalue weighted by Gasteiger charge is 2.57. The van der Waals surface area contributed by atoms with Crippen molar-refractivity contribution in [2.24, 2.45) is 0 Å². The minimum Gasteiger partial charge on any atom is -0.394 e. The standard InChI is InChI=1S/C60H62N2O13/c1-39-40(2)57(68)62(56(39)67)50-51(65)53(75-59-52(66)55(71-36-43-25-13-5-14-26-43)54(47(33-63)73-59)70-35-42-23-11-4-12-24-42)48(37-69-34-41-21-9-3-10-22-41)74-58(50)72-38-49(64)61-60(44-27-15-6-16-28-44,45-29-17-7-18-30-45)46-31-19-8-20-32-46/h3-32,47-48,50-55,58-59,63,65-66H,33-38H2,1-2H3,(H,61,64)/t47-,48-,50-,51-,52-,53-,54-,55-,58-,59+/m1/s1. The molecule has 3 heterocycles. The van der Waals surface area contributed by atoms with E-state index in [0.717, 1.165) is 38.3 Å². The molecular weight excluding hydrogens is 957 g/mol. The highest BCUT2D eigenvalue weighted by molar-refractivity contribution is 6.19. The SMILES string of the molecule is CC1=C(C)C(=O)N([C@H]2[C@H](OCC(=O)NC(c3ccccc3)(c3ccccc3)c3ccccc3)O[C@H](COCc3ccccc3)[C@@H](O[C@@H]3O[C@H](CO)[C@@H](OCc4ccccc4)[C@H](OCc4ccccc4)[C@H]3O)[C@@H]2O)C1=O. The van der Waals surface area contributed by atoms with Gasteiger partial charge in [0.25, 0.3) is 11.8 Å². The highest BCUT2D eigenvalue weighted by Crippen LogP contribution is 2.39. The first-order chi connectivity index (χ1) is 36.6. The molecule has 15 heteroatoms. The fourth-order valence-electron chi connectivity index (χ4n) is 9.95. The lowest BCUT2D eigenvalue weighted by Gasteiger charge is -2.49. The largest absolute Gasteiger partial charge is 0.394 e. The Kier molecular flexibility index (Phi) is 17.5. The second-order valence-electron chi connectivity index (χ2n) is 18.8. The Labute approximate surface area is 436 Å². The smallest absolute Gasteiger partial charge is 0.257 e. The van der Waals surface area contributed by atoms with Crippen molar-refractivity contribution in [3.05, 3.63) is 227 Å². The van der Waals surface area contributed by atoms with Crippen LogP contribution in [0.15, 0.2) is 193 Å². The van der Waals surface area contributed by atoms with Crippen molar-refractivity contribution < 1.29 is 62.9 Å². The third kappa shape index (κ3) is 11.9. The summed E-state index contributed by atoms with van der Waals surface area (Å²) in [5.41, 5.74) is 3.81. The summed E-state index contributed by atoms with van der Waals surface area (Å²) in [5.74, 6) is -2.01. The topological polar surface area (TPSA) is 192 Å². The van der Waals surface area contributed by atoms with E-state index in [1.165, 1.54) is 13.8 Å². The van der Waals surface area contributed by atoms with Gasteiger partial charge in [-0.15, -0.1) is 0 Å². The Hall–Kier alpha value is -6.73. The van der Waals surface area contributed by atoms with Gasteiger partial charge in [-0.25, -0.2) is 0 Å². The van der Waals surface area contributed by atoms with Crippen molar-refractivity contribution in [3.63, 3.8) is 0 Å². The van der Waals surface area contributed by atoms with E-state index in [1.807, 2.05) is 182 Å². The maximum absolute atomic E-state index is 14.7. The molecule has 0 bridgehead atoms. The number of hydrogen-bond acceptors (Lipinski definition) is 13. The van der Waals surface area contributed by atoms with E-state index < -0.39 is 97.8 Å². The van der Waals surface area contributed by atoms with Crippen LogP contribution in [0.1, 0.15) is 47.2 Å². The van der Waals surface area contributed by atoms with Crippen LogP contribution < -0.4 is 5.32 Å². The molecule has 390 valence electrons. The average molecular weight is 1020 g/mol. The van der Waals surface area contributed by atoms with Crippen molar-refractivity contribution >= 4 is 17.7 Å². The molecule has 0 saturated carbocycles. The Morgan fingerprint density at radius 1 is 0.547 bits per heavy atom. The summed E-state index contributed by atoms with van der Waals surface area (Å²) >= 11 is 0. The van der Waals surface area contributed by atoms with Crippen LogP contribution in [-0.4, -0.2) is 119 Å². The molecule has 3 amide bonds. The fraction of sp³-hybridized carbons (Fsp3) is 0.317. The maximum atomic E-state index is 14.7. The third-order valence-corrected chi connectivity index (χ3v) is 14.0. The molecule has 0 aliphatic carbocycles. The molecule has 9 rings (SSSR count). The van der Waals surface area contributed by atoms with E-state index in [1.54, 1.807) is 0 Å². The van der Waals surface area contributed by atoms with Crippen molar-refractivity contribution in [1.29, 1.82) is 0 Å². The van der Waals surface area contributed by atoms with Crippen LogP contribution >= 0.6 is 0 Å². The van der Waals surface area contributed by atoms with Crippen LogP contribution in [-0.2, 0) is 72.9 Å². The molecule has 2 saturated heterocycles. The molecule has 0 aromatic heterocycles. The lowest BCUT2D eigenvalue weighted by molar-refractivity contribution is -0.358. The second-order valence-corrected chi connectivity index (χ2v) is 18.8. The zero-order valence-corrected chi connectivity index (χ0v) is 41.7. The number of imide groups is 1. The summed E-state index contributed by atoms with van der Waals surface area (Å²) in [6, 6.07) is 55.0. The average Bonchev–Trinajstić information content (AvgIpc) is 3.64. The number of rotatable bonds is 21. The molecular formula is C60H62N2O13. The molecule has 15 nitrogen and oxygen atoms in total. The predicted molar refractivity (Wildman–Crippen MR) is 275 cm³/mol. The number of amides is 3. The minimum atomic E-state index is -1.82. The molecule has 6 aromatic carbocycles. The van der Waals surface area contributed by atoms with Crippen LogP contribution in [0.4, 0.5) is 0 Å². The molecule has 10 atom stereocenters. The van der Waals surface area contributed by atoms with Gasteiger partial charge in [-0.3, -0.25) is 19.3 Å². The van der Waals surface area contributed by atoms with Gasteiger partial charge in [0.2, 0.25) is 5.91 Å². The summed E-state index contributed by atoms with van der Waals surface area (Å²) in [6.45, 7) is 1.77. The number of hydrogen-bond donors (Lipinski definition) is 4. The first kappa shape index (κ1) is 53.1. The Bertz CT molecular complexity index is 2710. The lowest BCUT2D eigenvalue weighted by atomic mass is 9.77. The molecule has 0 unspecified atom stereocenters. The Balaban J connectivity index is 1.04. The summed E-state index contributed by atoms with van der Waals surface area (Å²) < 4.78 is 45.0. The number of benzene rings is 6. The van der Waals surface area contributed by atoms with Crippen molar-refractivity contribution in [1.82, 2.24) is 10.2 Å². The van der Waals surface area contributed by atoms with Gasteiger partial charge in [0.15, 0.2) is 12.6 Å². The van der Waals surface area contributed by atoms with E-state index >= 15 is 0 Å². The quantitative estimate of drug-likeness (QED) is 0.0477. The molecule has 2 fully saturated rings. The van der Waals surface area contributed by atoms with Crippen molar-refractivity contribution in [2.75, 3.05) is 19.8 Å². The minimum absolute atomic E-state index is 0.0481. The third-order valence-electron chi connectivity index (χ3n) is 14.0. The Morgan fingerprint density at radius 2 is 0.973 bits per heavy atom. The number of ether oxygens (including phenoxy) is 7. The summed E-state index contributed by atoms with van der Waals surface area (Å²) in [6.07, 6.45) is -12.7. The molecule has 3 aliphatic heterocycles. The van der Waals surface area contributed by atoms with Gasteiger partial charge in [0.05, 0.1) is 33.0 Å². The summed E-state index contributed by atoms with van der Waals surface area (Å²) in [7, 11) is 0. The van der Waals surface area contributed by atoms with Gasteiger partial charge >= 0.3 is 0 Å². The Morgan fingerprint density at radius 3 is 1.44 bits per heavy atom. The second kappa shape index (κ2) is 24.7. The number of carbonyl (C=O) groups is 3. The number of aliphatic hydroxyl groups excluding tert-OH is 3. The summed E-state index contributed by atoms with van der Waals surface area (Å²) in [5, 5.41) is 39.3. The van der Waals surface area contributed by atoms with Gasteiger partial charge in [-0.05, 0) is 47.2 Å². The number of nitrogens with zero attached hydrogens (tertiary/aromatic N) is 1. The normalized spacial score (nSPS) is 25.1. The van der Waals surface area contributed by atoms with Crippen LogP contribution in [0.25, 0.3) is 0 Å². The van der Waals surface area contributed by atoms with E-state index in [-0.39, 0.29) is 37.6 Å². The first-order valence-corrected chi connectivity index (χ1v) is 25.1. The van der Waals surface area contributed by atoms with Crippen LogP contribution in [0.2, 0.25) is 0 Å². The van der Waals surface area contributed by atoms with Crippen LogP contribution in [0.5, 0.6) is 0 Å². The van der Waals surface area contributed by atoms with E-state index in [0.29, 0.717) is 0 Å². The van der Waals surface area contributed by atoms with Gasteiger partial charge < -0.3 is 53.8 Å². The number of nitrogens with one attached hydrogen (secondary N) is 1. The van der Waals surface area contributed by atoms with Crippen molar-refractivity contribution in [2.45, 2.75) is 101 Å². The lowest BCUT2D eigenvalue weighted by Crippen LogP contribution is -2.69. The van der Waals surface area contributed by atoms with Crippen LogP contribution in [0, 0.1) is 0 Å². The molecule has 0 radical (unpaired) electrons. The molecule has 3 aliphatic rings. The van der Waals surface area contributed by atoms with Gasteiger partial charge in [-0.1, -0.05) is 182 Å². The molecule has 6 aromatic rings. The maximum Gasteiger partial charge on any atom is 0.257 e. The van der Waals surface area contributed by atoms with E-state index in [4.69, 9.17) is 33.2 Å². The molecule has 75 heavy (non-hydrogen) atoms. The first-order valence-electron chi connectivity index (χ1n) is 25.1. The van der Waals surface area contributed by atoms with Gasteiger partial charge in [0, 0.05) is 11.1 Å². The van der Waals surface area contributed by atoms with Gasteiger partial charge in [0.1, 0.15) is 60.9 Å². The van der Waals surface area contributed by atoms with Crippen LogP contribution in [0.3, 0.4) is 0 Å². The van der Waals surface area contributed by atoms with Crippen molar-refractivity contribution in [3.8, 4) is 0 Å². The fourth-order valence-corrected chi connectivity index (χ4v) is 9.95. The predicted octanol–water partition coefficient (Wildman–Crippen LogP) is 6.12. The number of aliphatic hydroxyl groups is 3. The van der Waals surface area contributed by atoms with Gasteiger partial charge in [-0.2, -0.15) is 0 Å². The zero-order valence-electron chi connectivity index (χ0n) is 41.7. The highest BCUT2D eigenvalue weighted by atomic mass is 16.7. The monoisotopic (exact) mass is 1020 g/mol. The summed E-state index contributed by atoms with van der Waals surface area (Å²) in [4.78, 5) is 43.8. The van der Waals surface area contributed by atoms with E-state index in [2.05, 4.69) is 5.32 Å². The molecule has 4 N–H and O–H groups in total. The molecule has 0 spiro atoms.